The minimum Gasteiger partial charge on any atom is -0.314 e. The Morgan fingerprint density at radius 1 is 1.39 bits per heavy atom. The molecule has 0 unspecified atom stereocenters. The van der Waals surface area contributed by atoms with Gasteiger partial charge in [-0.15, -0.1) is 0 Å². The predicted octanol–water partition coefficient (Wildman–Crippen LogP) is 2.98. The number of pyridine rings is 1. The van der Waals surface area contributed by atoms with Gasteiger partial charge in [0, 0.05) is 26.2 Å². The Balaban J connectivity index is 2.12. The maximum Gasteiger partial charge on any atom is 0.106 e. The summed E-state index contributed by atoms with van der Waals surface area (Å²) in [5, 5.41) is 3.42. The Bertz CT molecular complexity index is 364. The number of rotatable bonds is 5. The Kier molecular flexibility index (Phi) is 5.60. The fraction of sp³-hybridized carbons (Fsp3) is 0.643. The molecule has 0 radical (unpaired) electrons. The summed E-state index contributed by atoms with van der Waals surface area (Å²) in [6.45, 7) is 6.70. The minimum atomic E-state index is 0.476. The van der Waals surface area contributed by atoms with E-state index in [2.05, 4.69) is 50.2 Å². The molecular formula is C14H22BrN3. The van der Waals surface area contributed by atoms with Gasteiger partial charge in [0.2, 0.25) is 0 Å². The van der Waals surface area contributed by atoms with E-state index in [0.29, 0.717) is 6.04 Å². The lowest BCUT2D eigenvalue weighted by Gasteiger charge is -2.34. The van der Waals surface area contributed by atoms with Crippen molar-refractivity contribution in [3.8, 4) is 0 Å². The van der Waals surface area contributed by atoms with Crippen LogP contribution in [0, 0.1) is 0 Å². The summed E-state index contributed by atoms with van der Waals surface area (Å²) in [4.78, 5) is 7.23. The molecule has 4 heteroatoms. The number of nitrogens with zero attached hydrogens (tertiary/aromatic N) is 2. The first kappa shape index (κ1) is 14.0. The number of nitrogens with one attached hydrogen (secondary N) is 1. The van der Waals surface area contributed by atoms with Crippen molar-refractivity contribution < 1.29 is 0 Å². The van der Waals surface area contributed by atoms with Crippen LogP contribution in [0.15, 0.2) is 22.8 Å². The van der Waals surface area contributed by atoms with Crippen molar-refractivity contribution in [2.75, 3.05) is 26.2 Å². The first-order valence-corrected chi connectivity index (χ1v) is 7.68. The van der Waals surface area contributed by atoms with Crippen LogP contribution in [0.25, 0.3) is 0 Å². The first-order valence-electron chi connectivity index (χ1n) is 6.88. The average Bonchev–Trinajstić information content (AvgIpc) is 2.40. The summed E-state index contributed by atoms with van der Waals surface area (Å²) < 4.78 is 0.941. The highest BCUT2D eigenvalue weighted by molar-refractivity contribution is 9.10. The van der Waals surface area contributed by atoms with Crippen molar-refractivity contribution in [2.24, 2.45) is 0 Å². The molecule has 18 heavy (non-hydrogen) atoms. The zero-order valence-corrected chi connectivity index (χ0v) is 12.6. The molecule has 1 fully saturated rings. The molecule has 1 aliphatic heterocycles. The molecule has 1 aromatic heterocycles. The second kappa shape index (κ2) is 7.22. The van der Waals surface area contributed by atoms with Crippen LogP contribution in [0.3, 0.4) is 0 Å². The number of halogens is 1. The zero-order chi connectivity index (χ0) is 12.8. The van der Waals surface area contributed by atoms with Gasteiger partial charge in [-0.3, -0.25) is 4.90 Å². The highest BCUT2D eigenvalue weighted by Gasteiger charge is 2.22. The van der Waals surface area contributed by atoms with Gasteiger partial charge >= 0.3 is 0 Å². The maximum absolute atomic E-state index is 4.66. The van der Waals surface area contributed by atoms with Crippen LogP contribution in [0.2, 0.25) is 0 Å². The molecule has 1 aromatic rings. The van der Waals surface area contributed by atoms with Crippen LogP contribution >= 0.6 is 15.9 Å². The first-order chi connectivity index (χ1) is 8.81. The summed E-state index contributed by atoms with van der Waals surface area (Å²) >= 11 is 3.48. The van der Waals surface area contributed by atoms with E-state index in [-0.39, 0.29) is 0 Å². The Labute approximate surface area is 118 Å². The van der Waals surface area contributed by atoms with Crippen LogP contribution in [0.5, 0.6) is 0 Å². The van der Waals surface area contributed by atoms with Gasteiger partial charge in [0.25, 0.3) is 0 Å². The van der Waals surface area contributed by atoms with E-state index >= 15 is 0 Å². The SMILES string of the molecule is CCCC[C@@H](c1cccc(Br)n1)N1CCNCC1. The lowest BCUT2D eigenvalue weighted by atomic mass is 10.0. The van der Waals surface area contributed by atoms with Crippen molar-refractivity contribution >= 4 is 15.9 Å². The molecule has 1 aliphatic rings. The molecule has 100 valence electrons. The highest BCUT2D eigenvalue weighted by Crippen LogP contribution is 2.26. The van der Waals surface area contributed by atoms with E-state index < -0.39 is 0 Å². The fourth-order valence-electron chi connectivity index (χ4n) is 2.52. The van der Waals surface area contributed by atoms with E-state index in [1.807, 2.05) is 6.07 Å². The lowest BCUT2D eigenvalue weighted by Crippen LogP contribution is -2.45. The molecule has 3 nitrogen and oxygen atoms in total. The predicted molar refractivity (Wildman–Crippen MR) is 78.6 cm³/mol. The Morgan fingerprint density at radius 3 is 2.83 bits per heavy atom. The largest absolute Gasteiger partial charge is 0.314 e. The Morgan fingerprint density at radius 2 is 2.17 bits per heavy atom. The van der Waals surface area contributed by atoms with Crippen molar-refractivity contribution in [1.29, 1.82) is 0 Å². The molecule has 1 atom stereocenters. The van der Waals surface area contributed by atoms with Gasteiger partial charge in [0.1, 0.15) is 4.60 Å². The summed E-state index contributed by atoms with van der Waals surface area (Å²) in [7, 11) is 0. The monoisotopic (exact) mass is 311 g/mol. The number of unbranched alkanes of at least 4 members (excludes halogenated alkanes) is 1. The van der Waals surface area contributed by atoms with Gasteiger partial charge in [-0.25, -0.2) is 4.98 Å². The standard InChI is InChI=1S/C14H22BrN3/c1-2-3-6-13(18-10-8-16-9-11-18)12-5-4-7-14(15)17-12/h4-5,7,13,16H,2-3,6,8-11H2,1H3/t13-/m0/s1. The topological polar surface area (TPSA) is 28.2 Å². The van der Waals surface area contributed by atoms with Gasteiger partial charge in [0.15, 0.2) is 0 Å². The van der Waals surface area contributed by atoms with E-state index in [1.165, 1.54) is 25.0 Å². The van der Waals surface area contributed by atoms with Crippen molar-refractivity contribution in [2.45, 2.75) is 32.2 Å². The van der Waals surface area contributed by atoms with E-state index in [0.717, 1.165) is 30.8 Å². The van der Waals surface area contributed by atoms with Crippen molar-refractivity contribution in [1.82, 2.24) is 15.2 Å². The third-order valence-corrected chi connectivity index (χ3v) is 3.94. The van der Waals surface area contributed by atoms with Crippen LogP contribution < -0.4 is 5.32 Å². The number of hydrogen-bond donors (Lipinski definition) is 1. The molecule has 0 spiro atoms. The summed E-state index contributed by atoms with van der Waals surface area (Å²) in [5.41, 5.74) is 1.21. The van der Waals surface area contributed by atoms with Gasteiger partial charge in [-0.05, 0) is 34.5 Å². The lowest BCUT2D eigenvalue weighted by molar-refractivity contribution is 0.160. The van der Waals surface area contributed by atoms with Crippen molar-refractivity contribution in [3.05, 3.63) is 28.5 Å². The van der Waals surface area contributed by atoms with E-state index in [1.54, 1.807) is 0 Å². The van der Waals surface area contributed by atoms with Gasteiger partial charge in [-0.2, -0.15) is 0 Å². The number of hydrogen-bond acceptors (Lipinski definition) is 3. The van der Waals surface area contributed by atoms with Crippen LogP contribution in [0.4, 0.5) is 0 Å². The van der Waals surface area contributed by atoms with Gasteiger partial charge < -0.3 is 5.32 Å². The third kappa shape index (κ3) is 3.77. The molecule has 0 bridgehead atoms. The highest BCUT2D eigenvalue weighted by atomic mass is 79.9. The summed E-state index contributed by atoms with van der Waals surface area (Å²) in [5.74, 6) is 0. The van der Waals surface area contributed by atoms with E-state index in [4.69, 9.17) is 0 Å². The molecular weight excluding hydrogens is 290 g/mol. The van der Waals surface area contributed by atoms with Gasteiger partial charge in [0.05, 0.1) is 11.7 Å². The maximum atomic E-state index is 4.66. The van der Waals surface area contributed by atoms with E-state index in [9.17, 15) is 0 Å². The average molecular weight is 312 g/mol. The molecule has 0 aliphatic carbocycles. The third-order valence-electron chi connectivity index (χ3n) is 3.50. The second-order valence-corrected chi connectivity index (χ2v) is 5.64. The van der Waals surface area contributed by atoms with Crippen LogP contribution in [-0.2, 0) is 0 Å². The smallest absolute Gasteiger partial charge is 0.106 e. The molecule has 2 heterocycles. The minimum absolute atomic E-state index is 0.476. The number of aromatic nitrogens is 1. The van der Waals surface area contributed by atoms with Crippen molar-refractivity contribution in [3.63, 3.8) is 0 Å². The molecule has 0 aromatic carbocycles. The second-order valence-electron chi connectivity index (χ2n) is 4.83. The Hall–Kier alpha value is -0.450. The fourth-order valence-corrected chi connectivity index (χ4v) is 2.88. The summed E-state index contributed by atoms with van der Waals surface area (Å²) in [6, 6.07) is 6.73. The molecule has 1 saturated heterocycles. The van der Waals surface area contributed by atoms with Gasteiger partial charge in [-0.1, -0.05) is 25.8 Å². The molecule has 2 rings (SSSR count). The normalized spacial score (nSPS) is 18.8. The quantitative estimate of drug-likeness (QED) is 0.847. The molecule has 0 amide bonds. The molecule has 0 saturated carbocycles. The van der Waals surface area contributed by atoms with Crippen LogP contribution in [0.1, 0.15) is 37.9 Å². The number of piperazine rings is 1. The van der Waals surface area contributed by atoms with Crippen LogP contribution in [-0.4, -0.2) is 36.1 Å². The molecule has 1 N–H and O–H groups in total. The zero-order valence-electron chi connectivity index (χ0n) is 11.0. The summed E-state index contributed by atoms with van der Waals surface area (Å²) in [6.07, 6.45) is 3.72.